The molecule has 0 aliphatic carbocycles. The minimum atomic E-state index is -1.69. The summed E-state index contributed by atoms with van der Waals surface area (Å²) in [6, 6.07) is 19.4. The van der Waals surface area contributed by atoms with Gasteiger partial charge in [0.1, 0.15) is 0 Å². The molecule has 4 nitrogen and oxygen atoms in total. The van der Waals surface area contributed by atoms with Crippen molar-refractivity contribution >= 4 is 38.3 Å². The zero-order valence-electron chi connectivity index (χ0n) is 16.7. The monoisotopic (exact) mass is 452 g/mol. The highest BCUT2D eigenvalue weighted by molar-refractivity contribution is 9.10. The summed E-state index contributed by atoms with van der Waals surface area (Å²) in [7, 11) is 0. The lowest BCUT2D eigenvalue weighted by Crippen LogP contribution is -2.44. The van der Waals surface area contributed by atoms with Gasteiger partial charge in [0.2, 0.25) is 0 Å². The number of nitrogens with zero attached hydrogens (tertiary/aromatic N) is 2. The molecule has 0 aromatic heterocycles. The number of carbonyl (C=O) groups is 1. The molecular weight excluding hydrogens is 428 g/mol. The van der Waals surface area contributed by atoms with Crippen molar-refractivity contribution in [3.8, 4) is 0 Å². The molecule has 1 atom stereocenters. The second-order valence-electron chi connectivity index (χ2n) is 7.42. The number of carbonyl (C=O) groups excluding carboxylic acids is 1. The quantitative estimate of drug-likeness (QED) is 0.597. The van der Waals surface area contributed by atoms with Crippen LogP contribution in [0.4, 0.5) is 5.69 Å². The van der Waals surface area contributed by atoms with Crippen LogP contribution in [0.3, 0.4) is 0 Å². The highest BCUT2D eigenvalue weighted by Crippen LogP contribution is 2.45. The number of rotatable bonds is 6. The molecule has 0 bridgehead atoms. The van der Waals surface area contributed by atoms with E-state index in [0.717, 1.165) is 40.6 Å². The fourth-order valence-electron chi connectivity index (χ4n) is 4.15. The number of halogens is 1. The van der Waals surface area contributed by atoms with Crippen LogP contribution in [0.5, 0.6) is 0 Å². The number of aliphatic hydroxyl groups is 1. The van der Waals surface area contributed by atoms with Crippen LogP contribution in [0.25, 0.3) is 10.8 Å². The normalized spacial score (nSPS) is 18.7. The number of hydrogen-bond donors (Lipinski definition) is 1. The van der Waals surface area contributed by atoms with Gasteiger partial charge in [0.05, 0.1) is 5.69 Å². The number of fused-ring (bicyclic) bond motifs is 2. The van der Waals surface area contributed by atoms with Crippen molar-refractivity contribution < 1.29 is 9.90 Å². The summed E-state index contributed by atoms with van der Waals surface area (Å²) in [5.41, 5.74) is 0.325. The highest BCUT2D eigenvalue weighted by atomic mass is 79.9. The van der Waals surface area contributed by atoms with Gasteiger partial charge in [-0.2, -0.15) is 0 Å². The summed E-state index contributed by atoms with van der Waals surface area (Å²) in [6.07, 6.45) is 0. The Balaban J connectivity index is 1.80. The summed E-state index contributed by atoms with van der Waals surface area (Å²) in [5.74, 6) is -0.284. The van der Waals surface area contributed by atoms with Crippen LogP contribution >= 0.6 is 15.9 Å². The molecule has 3 aromatic carbocycles. The standard InChI is InChI=1S/C24H25BrN2O2/c1-3-26(4-2)13-14-27-22-12-11-20(25)16-21(22)24(29,23(27)28)19-10-9-17-7-5-6-8-18(17)15-19/h5-12,15-16,29H,3-4,13-14H2,1-2H3. The maximum absolute atomic E-state index is 13.6. The average molecular weight is 453 g/mol. The minimum absolute atomic E-state index is 0.284. The molecule has 29 heavy (non-hydrogen) atoms. The first kappa shape index (κ1) is 20.1. The first-order chi connectivity index (χ1) is 14.0. The van der Waals surface area contributed by atoms with Crippen molar-refractivity contribution in [3.63, 3.8) is 0 Å². The van der Waals surface area contributed by atoms with Crippen LogP contribution in [0, 0.1) is 0 Å². The molecule has 1 heterocycles. The summed E-state index contributed by atoms with van der Waals surface area (Å²) in [6.45, 7) is 7.41. The van der Waals surface area contributed by atoms with Gasteiger partial charge >= 0.3 is 0 Å². The lowest BCUT2D eigenvalue weighted by Gasteiger charge is -2.26. The van der Waals surface area contributed by atoms with Gasteiger partial charge in [0.15, 0.2) is 5.60 Å². The van der Waals surface area contributed by atoms with E-state index >= 15 is 0 Å². The van der Waals surface area contributed by atoms with E-state index in [2.05, 4.69) is 34.7 Å². The summed E-state index contributed by atoms with van der Waals surface area (Å²) < 4.78 is 0.842. The molecule has 3 aromatic rings. The molecule has 4 rings (SSSR count). The first-order valence-corrected chi connectivity index (χ1v) is 10.8. The first-order valence-electron chi connectivity index (χ1n) is 10.0. The zero-order valence-corrected chi connectivity index (χ0v) is 18.3. The summed E-state index contributed by atoms with van der Waals surface area (Å²) in [5, 5.41) is 13.9. The van der Waals surface area contributed by atoms with Gasteiger partial charge in [-0.15, -0.1) is 0 Å². The Morgan fingerprint density at radius 3 is 2.45 bits per heavy atom. The Morgan fingerprint density at radius 1 is 1.00 bits per heavy atom. The van der Waals surface area contributed by atoms with Crippen molar-refractivity contribution in [2.24, 2.45) is 0 Å². The lowest BCUT2D eigenvalue weighted by molar-refractivity contribution is -0.132. The van der Waals surface area contributed by atoms with E-state index in [0.29, 0.717) is 17.7 Å². The van der Waals surface area contributed by atoms with Gasteiger partial charge in [-0.3, -0.25) is 4.79 Å². The molecule has 0 spiro atoms. The van der Waals surface area contributed by atoms with Gasteiger partial charge in [-0.25, -0.2) is 0 Å². The average Bonchev–Trinajstić information content (AvgIpc) is 2.96. The minimum Gasteiger partial charge on any atom is -0.372 e. The fourth-order valence-corrected chi connectivity index (χ4v) is 4.51. The molecule has 1 unspecified atom stereocenters. The Morgan fingerprint density at radius 2 is 1.72 bits per heavy atom. The number of anilines is 1. The third-order valence-electron chi connectivity index (χ3n) is 5.90. The molecule has 0 fully saturated rings. The zero-order chi connectivity index (χ0) is 20.6. The van der Waals surface area contributed by atoms with E-state index in [4.69, 9.17) is 0 Å². The maximum Gasteiger partial charge on any atom is 0.268 e. The fraction of sp³-hybridized carbons (Fsp3) is 0.292. The molecule has 0 radical (unpaired) electrons. The van der Waals surface area contributed by atoms with Crippen molar-refractivity contribution in [2.75, 3.05) is 31.1 Å². The maximum atomic E-state index is 13.6. The van der Waals surface area contributed by atoms with Crippen molar-refractivity contribution in [1.29, 1.82) is 0 Å². The smallest absolute Gasteiger partial charge is 0.268 e. The number of likely N-dealkylation sites (N-methyl/N-ethyl adjacent to an activating group) is 1. The Hall–Kier alpha value is -2.21. The molecule has 1 N–H and O–H groups in total. The molecular formula is C24H25BrN2O2. The molecule has 1 aliphatic heterocycles. The van der Waals surface area contributed by atoms with E-state index < -0.39 is 5.60 Å². The van der Waals surface area contributed by atoms with Gasteiger partial charge < -0.3 is 14.9 Å². The van der Waals surface area contributed by atoms with Gasteiger partial charge in [0, 0.05) is 23.1 Å². The van der Waals surface area contributed by atoms with Crippen molar-refractivity contribution in [1.82, 2.24) is 4.90 Å². The van der Waals surface area contributed by atoms with E-state index in [1.807, 2.05) is 60.7 Å². The number of hydrogen-bond acceptors (Lipinski definition) is 3. The van der Waals surface area contributed by atoms with E-state index in [9.17, 15) is 9.90 Å². The van der Waals surface area contributed by atoms with Gasteiger partial charge in [-0.05, 0) is 53.7 Å². The molecule has 1 amide bonds. The molecule has 150 valence electrons. The van der Waals surface area contributed by atoms with Gasteiger partial charge in [-0.1, -0.05) is 66.2 Å². The van der Waals surface area contributed by atoms with Crippen LogP contribution in [0.1, 0.15) is 25.0 Å². The van der Waals surface area contributed by atoms with Crippen LogP contribution in [-0.4, -0.2) is 42.1 Å². The van der Waals surface area contributed by atoms with Crippen LogP contribution in [0.15, 0.2) is 65.1 Å². The molecule has 5 heteroatoms. The van der Waals surface area contributed by atoms with Crippen molar-refractivity contribution in [2.45, 2.75) is 19.4 Å². The van der Waals surface area contributed by atoms with Crippen LogP contribution < -0.4 is 4.90 Å². The molecule has 1 aliphatic rings. The molecule has 0 saturated heterocycles. The van der Waals surface area contributed by atoms with Crippen LogP contribution in [0.2, 0.25) is 0 Å². The molecule has 0 saturated carbocycles. The predicted octanol–water partition coefficient (Wildman–Crippen LogP) is 4.53. The Kier molecular flexibility index (Phi) is 5.47. The lowest BCUT2D eigenvalue weighted by atomic mass is 9.86. The van der Waals surface area contributed by atoms with E-state index in [1.165, 1.54) is 0 Å². The summed E-state index contributed by atoms with van der Waals surface area (Å²) >= 11 is 3.50. The second kappa shape index (κ2) is 7.90. The number of amides is 1. The largest absolute Gasteiger partial charge is 0.372 e. The highest BCUT2D eigenvalue weighted by Gasteiger charge is 2.51. The second-order valence-corrected chi connectivity index (χ2v) is 8.33. The van der Waals surface area contributed by atoms with Crippen molar-refractivity contribution in [3.05, 3.63) is 76.3 Å². The predicted molar refractivity (Wildman–Crippen MR) is 121 cm³/mol. The summed E-state index contributed by atoms with van der Waals surface area (Å²) in [4.78, 5) is 17.6. The Bertz CT molecular complexity index is 1060. The number of benzene rings is 3. The Labute approximate surface area is 179 Å². The SMILES string of the molecule is CCN(CC)CCN1C(=O)C(O)(c2ccc3ccccc3c2)c2cc(Br)ccc21. The van der Waals surface area contributed by atoms with E-state index in [-0.39, 0.29) is 5.91 Å². The van der Waals surface area contributed by atoms with Gasteiger partial charge in [0.25, 0.3) is 5.91 Å². The topological polar surface area (TPSA) is 43.8 Å². The van der Waals surface area contributed by atoms with Crippen LogP contribution in [-0.2, 0) is 10.4 Å². The third kappa shape index (κ3) is 3.37. The third-order valence-corrected chi connectivity index (χ3v) is 6.39. The van der Waals surface area contributed by atoms with E-state index in [1.54, 1.807) is 4.90 Å².